The summed E-state index contributed by atoms with van der Waals surface area (Å²) in [5, 5.41) is 4.13. The molecule has 0 unspecified atom stereocenters. The predicted octanol–water partition coefficient (Wildman–Crippen LogP) is 4.50. The summed E-state index contributed by atoms with van der Waals surface area (Å²) in [5.74, 6) is -0.403. The van der Waals surface area contributed by atoms with Gasteiger partial charge in [-0.2, -0.15) is 0 Å². The Morgan fingerprint density at radius 2 is 1.90 bits per heavy atom. The van der Waals surface area contributed by atoms with Gasteiger partial charge in [0.25, 0.3) is 0 Å². The molecular weight excluding hydrogens is 311 g/mol. The number of rotatable bonds is 4. The lowest BCUT2D eigenvalue weighted by atomic mass is 10.1. The number of nitrogen functional groups attached to an aromatic ring is 1. The standard InChI is InChI=1S/C15H14Cl2N2O2/c1-2-21-15(20)9-3-5-14(12(18)7-9)19-13-6-4-10(16)8-11(13)17/h3-8,19H,2,18H2,1H3. The van der Waals surface area contributed by atoms with E-state index in [1.165, 1.54) is 0 Å². The van der Waals surface area contributed by atoms with Gasteiger partial charge in [-0.1, -0.05) is 23.2 Å². The summed E-state index contributed by atoms with van der Waals surface area (Å²) >= 11 is 11.9. The van der Waals surface area contributed by atoms with Crippen molar-refractivity contribution < 1.29 is 9.53 Å². The number of hydrogen-bond donors (Lipinski definition) is 2. The second-order valence-electron chi connectivity index (χ2n) is 4.27. The molecule has 0 amide bonds. The van der Waals surface area contributed by atoms with Crippen LogP contribution < -0.4 is 11.1 Å². The van der Waals surface area contributed by atoms with E-state index in [2.05, 4.69) is 5.32 Å². The van der Waals surface area contributed by atoms with E-state index in [9.17, 15) is 4.79 Å². The van der Waals surface area contributed by atoms with Gasteiger partial charge in [-0.05, 0) is 43.3 Å². The van der Waals surface area contributed by atoms with E-state index in [1.807, 2.05) is 0 Å². The highest BCUT2D eigenvalue weighted by atomic mass is 35.5. The number of nitrogens with one attached hydrogen (secondary N) is 1. The molecule has 0 aromatic heterocycles. The molecule has 0 spiro atoms. The van der Waals surface area contributed by atoms with E-state index >= 15 is 0 Å². The molecule has 0 aliphatic carbocycles. The SMILES string of the molecule is CCOC(=O)c1ccc(Nc2ccc(Cl)cc2Cl)c(N)c1. The molecule has 0 bridgehead atoms. The highest BCUT2D eigenvalue weighted by Crippen LogP contribution is 2.30. The maximum absolute atomic E-state index is 11.6. The Hall–Kier alpha value is -1.91. The Balaban J connectivity index is 2.23. The zero-order valence-electron chi connectivity index (χ0n) is 11.3. The predicted molar refractivity (Wildman–Crippen MR) is 86.6 cm³/mol. The monoisotopic (exact) mass is 324 g/mol. The molecule has 3 N–H and O–H groups in total. The van der Waals surface area contributed by atoms with Crippen LogP contribution in [0.3, 0.4) is 0 Å². The Morgan fingerprint density at radius 3 is 2.52 bits per heavy atom. The molecule has 0 radical (unpaired) electrons. The number of carbonyl (C=O) groups excluding carboxylic acids is 1. The quantitative estimate of drug-likeness (QED) is 0.642. The van der Waals surface area contributed by atoms with Crippen LogP contribution in [0.1, 0.15) is 17.3 Å². The first-order chi connectivity index (χ1) is 10.0. The topological polar surface area (TPSA) is 64.3 Å². The lowest BCUT2D eigenvalue weighted by Gasteiger charge is -2.12. The van der Waals surface area contributed by atoms with Crippen molar-refractivity contribution in [2.75, 3.05) is 17.7 Å². The Morgan fingerprint density at radius 1 is 1.19 bits per heavy atom. The maximum Gasteiger partial charge on any atom is 0.338 e. The zero-order chi connectivity index (χ0) is 15.4. The lowest BCUT2D eigenvalue weighted by molar-refractivity contribution is 0.0526. The van der Waals surface area contributed by atoms with E-state index in [1.54, 1.807) is 43.3 Å². The Bertz CT molecular complexity index is 675. The zero-order valence-corrected chi connectivity index (χ0v) is 12.8. The van der Waals surface area contributed by atoms with Crippen molar-refractivity contribution in [1.29, 1.82) is 0 Å². The summed E-state index contributed by atoms with van der Waals surface area (Å²) in [6.45, 7) is 2.07. The number of esters is 1. The second kappa shape index (κ2) is 6.70. The van der Waals surface area contributed by atoms with E-state index < -0.39 is 5.97 Å². The Labute approximate surface area is 132 Å². The summed E-state index contributed by atoms with van der Waals surface area (Å²) in [5.41, 5.74) is 8.09. The number of halogens is 2. The summed E-state index contributed by atoms with van der Waals surface area (Å²) < 4.78 is 4.92. The van der Waals surface area contributed by atoms with Gasteiger partial charge < -0.3 is 15.8 Å². The third-order valence-electron chi connectivity index (χ3n) is 2.76. The van der Waals surface area contributed by atoms with Gasteiger partial charge in [0.15, 0.2) is 0 Å². The molecule has 2 aromatic carbocycles. The number of nitrogens with two attached hydrogens (primary N) is 1. The first-order valence-corrected chi connectivity index (χ1v) is 7.05. The summed E-state index contributed by atoms with van der Waals surface area (Å²) in [6, 6.07) is 10.0. The van der Waals surface area contributed by atoms with Gasteiger partial charge in [0.2, 0.25) is 0 Å². The van der Waals surface area contributed by atoms with Gasteiger partial charge in [0, 0.05) is 5.02 Å². The van der Waals surface area contributed by atoms with E-state index in [0.717, 1.165) is 0 Å². The molecular formula is C15H14Cl2N2O2. The van der Waals surface area contributed by atoms with E-state index in [-0.39, 0.29) is 0 Å². The van der Waals surface area contributed by atoms with Gasteiger partial charge in [-0.25, -0.2) is 4.79 Å². The molecule has 4 nitrogen and oxygen atoms in total. The van der Waals surface area contributed by atoms with Crippen LogP contribution in [0.4, 0.5) is 17.1 Å². The fourth-order valence-corrected chi connectivity index (χ4v) is 2.21. The average Bonchev–Trinajstić information content (AvgIpc) is 2.44. The van der Waals surface area contributed by atoms with Crippen LogP contribution in [0.25, 0.3) is 0 Å². The molecule has 2 rings (SSSR count). The fraction of sp³-hybridized carbons (Fsp3) is 0.133. The number of ether oxygens (including phenoxy) is 1. The molecule has 0 fully saturated rings. The minimum atomic E-state index is -0.403. The van der Waals surface area contributed by atoms with Crippen LogP contribution in [-0.4, -0.2) is 12.6 Å². The number of hydrogen-bond acceptors (Lipinski definition) is 4. The van der Waals surface area contributed by atoms with Crippen LogP contribution in [0.15, 0.2) is 36.4 Å². The molecule has 2 aromatic rings. The van der Waals surface area contributed by atoms with Crippen LogP contribution >= 0.6 is 23.2 Å². The molecule has 0 atom stereocenters. The van der Waals surface area contributed by atoms with Crippen LogP contribution in [0.2, 0.25) is 10.0 Å². The average molecular weight is 325 g/mol. The first-order valence-electron chi connectivity index (χ1n) is 6.30. The van der Waals surface area contributed by atoms with Crippen LogP contribution in [-0.2, 0) is 4.74 Å². The van der Waals surface area contributed by atoms with Crippen molar-refractivity contribution in [3.8, 4) is 0 Å². The smallest absolute Gasteiger partial charge is 0.338 e. The summed E-state index contributed by atoms with van der Waals surface area (Å²) in [7, 11) is 0. The van der Waals surface area contributed by atoms with Gasteiger partial charge in [-0.3, -0.25) is 0 Å². The van der Waals surface area contributed by atoms with Gasteiger partial charge >= 0.3 is 5.97 Å². The normalized spacial score (nSPS) is 10.2. The third-order valence-corrected chi connectivity index (χ3v) is 3.31. The fourth-order valence-electron chi connectivity index (χ4n) is 1.75. The largest absolute Gasteiger partial charge is 0.462 e. The second-order valence-corrected chi connectivity index (χ2v) is 5.12. The van der Waals surface area contributed by atoms with E-state index in [0.29, 0.717) is 39.3 Å². The molecule has 21 heavy (non-hydrogen) atoms. The molecule has 6 heteroatoms. The van der Waals surface area contributed by atoms with Gasteiger partial charge in [0.1, 0.15) is 0 Å². The highest BCUT2D eigenvalue weighted by molar-refractivity contribution is 6.36. The minimum absolute atomic E-state index is 0.319. The van der Waals surface area contributed by atoms with E-state index in [4.69, 9.17) is 33.7 Å². The van der Waals surface area contributed by atoms with Crippen molar-refractivity contribution in [3.05, 3.63) is 52.0 Å². The summed E-state index contributed by atoms with van der Waals surface area (Å²) in [6.07, 6.45) is 0. The van der Waals surface area contributed by atoms with Crippen LogP contribution in [0, 0.1) is 0 Å². The number of carbonyl (C=O) groups is 1. The molecule has 110 valence electrons. The van der Waals surface area contributed by atoms with Crippen molar-refractivity contribution in [2.24, 2.45) is 0 Å². The number of benzene rings is 2. The third kappa shape index (κ3) is 3.80. The highest BCUT2D eigenvalue weighted by Gasteiger charge is 2.10. The molecule has 0 saturated heterocycles. The van der Waals surface area contributed by atoms with Crippen molar-refractivity contribution in [2.45, 2.75) is 6.92 Å². The molecule has 0 aliphatic heterocycles. The van der Waals surface area contributed by atoms with Gasteiger partial charge in [-0.15, -0.1) is 0 Å². The lowest BCUT2D eigenvalue weighted by Crippen LogP contribution is -2.06. The molecule has 0 heterocycles. The Kier molecular flexibility index (Phi) is 4.94. The molecule has 0 aliphatic rings. The maximum atomic E-state index is 11.6. The summed E-state index contributed by atoms with van der Waals surface area (Å²) in [4.78, 5) is 11.6. The minimum Gasteiger partial charge on any atom is -0.462 e. The van der Waals surface area contributed by atoms with Gasteiger partial charge in [0.05, 0.1) is 34.3 Å². The number of anilines is 3. The molecule has 0 saturated carbocycles. The first kappa shape index (κ1) is 15.5. The van der Waals surface area contributed by atoms with Crippen molar-refractivity contribution >= 4 is 46.2 Å². The van der Waals surface area contributed by atoms with Crippen LogP contribution in [0.5, 0.6) is 0 Å². The van der Waals surface area contributed by atoms with Crippen molar-refractivity contribution in [1.82, 2.24) is 0 Å². The van der Waals surface area contributed by atoms with Crippen molar-refractivity contribution in [3.63, 3.8) is 0 Å².